The highest BCUT2D eigenvalue weighted by Crippen LogP contribution is 2.30. The van der Waals surface area contributed by atoms with Crippen molar-refractivity contribution in [1.29, 1.82) is 0 Å². The predicted molar refractivity (Wildman–Crippen MR) is 95.7 cm³/mol. The second-order valence-corrected chi connectivity index (χ2v) is 5.91. The van der Waals surface area contributed by atoms with Crippen molar-refractivity contribution in [3.63, 3.8) is 0 Å². The zero-order valence-corrected chi connectivity index (χ0v) is 14.3. The van der Waals surface area contributed by atoms with Gasteiger partial charge in [0.2, 0.25) is 5.95 Å². The lowest BCUT2D eigenvalue weighted by atomic mass is 10.1. The molecule has 1 saturated heterocycles. The summed E-state index contributed by atoms with van der Waals surface area (Å²) in [5.41, 5.74) is 1.93. The molecule has 0 spiro atoms. The van der Waals surface area contributed by atoms with Crippen LogP contribution >= 0.6 is 0 Å². The Hall–Kier alpha value is -3.20. The summed E-state index contributed by atoms with van der Waals surface area (Å²) < 4.78 is 32.0. The van der Waals surface area contributed by atoms with Gasteiger partial charge in [0.05, 0.1) is 13.2 Å². The molecule has 0 saturated carbocycles. The van der Waals surface area contributed by atoms with E-state index in [0.717, 1.165) is 23.3 Å². The van der Waals surface area contributed by atoms with E-state index in [0.29, 0.717) is 37.8 Å². The Kier molecular flexibility index (Phi) is 4.84. The van der Waals surface area contributed by atoms with Crippen LogP contribution in [0.2, 0.25) is 0 Å². The second kappa shape index (κ2) is 7.58. The molecule has 1 aliphatic rings. The molecule has 4 rings (SSSR count). The number of hydrogen-bond acceptors (Lipinski definition) is 7. The normalized spacial score (nSPS) is 14.2. The van der Waals surface area contributed by atoms with E-state index in [1.165, 1.54) is 12.4 Å². The number of nitrogens with zero attached hydrogens (tertiary/aromatic N) is 5. The van der Waals surface area contributed by atoms with Crippen LogP contribution < -0.4 is 10.2 Å². The van der Waals surface area contributed by atoms with Crippen molar-refractivity contribution in [1.82, 2.24) is 19.9 Å². The van der Waals surface area contributed by atoms with Gasteiger partial charge < -0.3 is 15.0 Å². The lowest BCUT2D eigenvalue weighted by molar-refractivity contribution is 0.122. The number of hydrogen-bond donors (Lipinski definition) is 1. The maximum absolute atomic E-state index is 13.4. The highest BCUT2D eigenvalue weighted by atomic mass is 19.2. The zero-order valence-electron chi connectivity index (χ0n) is 14.3. The largest absolute Gasteiger partial charge is 0.378 e. The third-order valence-electron chi connectivity index (χ3n) is 4.13. The van der Waals surface area contributed by atoms with E-state index in [4.69, 9.17) is 4.74 Å². The first-order valence-corrected chi connectivity index (χ1v) is 8.38. The van der Waals surface area contributed by atoms with Crippen molar-refractivity contribution >= 4 is 17.5 Å². The minimum atomic E-state index is -0.938. The fourth-order valence-electron chi connectivity index (χ4n) is 2.79. The van der Waals surface area contributed by atoms with Crippen LogP contribution in [0.15, 0.2) is 43.1 Å². The summed E-state index contributed by atoms with van der Waals surface area (Å²) >= 11 is 0. The molecule has 3 aromatic rings. The summed E-state index contributed by atoms with van der Waals surface area (Å²) in [7, 11) is 0. The molecule has 3 heterocycles. The quantitative estimate of drug-likeness (QED) is 0.757. The summed E-state index contributed by atoms with van der Waals surface area (Å²) in [6.45, 7) is 2.56. The topological polar surface area (TPSA) is 76.1 Å². The molecule has 1 N–H and O–H groups in total. The molecule has 1 fully saturated rings. The Labute approximate surface area is 154 Å². The molecule has 0 aliphatic carbocycles. The maximum Gasteiger partial charge on any atom is 0.229 e. The van der Waals surface area contributed by atoms with Gasteiger partial charge >= 0.3 is 0 Å². The number of benzene rings is 1. The van der Waals surface area contributed by atoms with Crippen LogP contribution in [0.1, 0.15) is 0 Å². The summed E-state index contributed by atoms with van der Waals surface area (Å²) in [4.78, 5) is 19.1. The van der Waals surface area contributed by atoms with Gasteiger partial charge in [-0.1, -0.05) is 0 Å². The first-order chi connectivity index (χ1) is 13.2. The van der Waals surface area contributed by atoms with E-state index in [2.05, 4.69) is 30.2 Å². The number of nitrogens with one attached hydrogen (secondary N) is 1. The van der Waals surface area contributed by atoms with Gasteiger partial charge in [-0.05, 0) is 12.1 Å². The molecule has 9 heteroatoms. The summed E-state index contributed by atoms with van der Waals surface area (Å²) in [6.07, 6.45) is 6.51. The Balaban J connectivity index is 1.70. The molecule has 2 aromatic heterocycles. The molecule has 7 nitrogen and oxygen atoms in total. The molecule has 1 aliphatic heterocycles. The van der Waals surface area contributed by atoms with Crippen LogP contribution in [0.5, 0.6) is 0 Å². The van der Waals surface area contributed by atoms with Crippen molar-refractivity contribution in [3.05, 3.63) is 54.8 Å². The molecule has 1 aromatic carbocycles. The van der Waals surface area contributed by atoms with Crippen LogP contribution in [0.4, 0.5) is 26.2 Å². The second-order valence-electron chi connectivity index (χ2n) is 5.91. The van der Waals surface area contributed by atoms with Crippen LogP contribution in [0.25, 0.3) is 11.1 Å². The molecule has 138 valence electrons. The molecule has 0 atom stereocenters. The van der Waals surface area contributed by atoms with Crippen LogP contribution in [-0.4, -0.2) is 46.2 Å². The summed E-state index contributed by atoms with van der Waals surface area (Å²) in [6, 6.07) is 3.54. The highest BCUT2D eigenvalue weighted by Gasteiger charge is 2.19. The molecule has 0 amide bonds. The summed E-state index contributed by atoms with van der Waals surface area (Å²) in [5, 5.41) is 2.91. The van der Waals surface area contributed by atoms with Gasteiger partial charge in [-0.3, -0.25) is 0 Å². The third-order valence-corrected chi connectivity index (χ3v) is 4.13. The highest BCUT2D eigenvalue weighted by molar-refractivity contribution is 5.75. The Morgan fingerprint density at radius 1 is 1.00 bits per heavy atom. The van der Waals surface area contributed by atoms with Crippen molar-refractivity contribution in [2.45, 2.75) is 0 Å². The molecule has 27 heavy (non-hydrogen) atoms. The minimum Gasteiger partial charge on any atom is -0.378 e. The van der Waals surface area contributed by atoms with Gasteiger partial charge in [0.15, 0.2) is 11.6 Å². The van der Waals surface area contributed by atoms with E-state index in [9.17, 15) is 8.78 Å². The molecular weight excluding hydrogens is 354 g/mol. The zero-order chi connectivity index (χ0) is 18.6. The molecule has 0 bridgehead atoms. The number of anilines is 3. The average Bonchev–Trinajstić information content (AvgIpc) is 2.72. The number of aromatic nitrogens is 4. The fraction of sp³-hybridized carbons (Fsp3) is 0.222. The number of ether oxygens (including phenoxy) is 1. The number of rotatable bonds is 4. The SMILES string of the molecule is Fc1ccc(Nc2ncc(-c3cncnc3)c(N3CCOCC3)n2)cc1F. The number of morpholine rings is 1. The lowest BCUT2D eigenvalue weighted by Gasteiger charge is -2.29. The van der Waals surface area contributed by atoms with Gasteiger partial charge in [0, 0.05) is 54.6 Å². The molecule has 0 radical (unpaired) electrons. The van der Waals surface area contributed by atoms with E-state index in [1.807, 2.05) is 0 Å². The Bertz CT molecular complexity index is 934. The first kappa shape index (κ1) is 17.2. The number of halogens is 2. The Morgan fingerprint density at radius 2 is 1.78 bits per heavy atom. The van der Waals surface area contributed by atoms with Crippen LogP contribution in [0, 0.1) is 11.6 Å². The van der Waals surface area contributed by atoms with Crippen LogP contribution in [-0.2, 0) is 4.74 Å². The smallest absolute Gasteiger partial charge is 0.229 e. The monoisotopic (exact) mass is 370 g/mol. The molecular formula is C18H16F2N6O. The van der Waals surface area contributed by atoms with Crippen molar-refractivity contribution in [2.24, 2.45) is 0 Å². The van der Waals surface area contributed by atoms with E-state index in [-0.39, 0.29) is 5.95 Å². The predicted octanol–water partition coefficient (Wildman–Crippen LogP) is 2.79. The van der Waals surface area contributed by atoms with E-state index < -0.39 is 11.6 Å². The van der Waals surface area contributed by atoms with Crippen molar-refractivity contribution in [3.8, 4) is 11.1 Å². The third kappa shape index (κ3) is 3.82. The minimum absolute atomic E-state index is 0.281. The fourth-order valence-corrected chi connectivity index (χ4v) is 2.79. The first-order valence-electron chi connectivity index (χ1n) is 8.38. The average molecular weight is 370 g/mol. The van der Waals surface area contributed by atoms with Gasteiger partial charge in [-0.2, -0.15) is 4.98 Å². The van der Waals surface area contributed by atoms with Crippen molar-refractivity contribution < 1.29 is 13.5 Å². The molecule has 0 unspecified atom stereocenters. The van der Waals surface area contributed by atoms with Gasteiger partial charge in [0.25, 0.3) is 0 Å². The van der Waals surface area contributed by atoms with E-state index >= 15 is 0 Å². The van der Waals surface area contributed by atoms with Gasteiger partial charge in [-0.25, -0.2) is 23.7 Å². The Morgan fingerprint density at radius 3 is 2.52 bits per heavy atom. The van der Waals surface area contributed by atoms with Crippen molar-refractivity contribution in [2.75, 3.05) is 36.5 Å². The maximum atomic E-state index is 13.4. The standard InChI is InChI=1S/C18H16F2N6O/c19-15-2-1-13(7-16(15)20)24-18-23-10-14(12-8-21-11-22-9-12)17(25-18)26-3-5-27-6-4-26/h1-2,7-11H,3-6H2,(H,23,24,25). The summed E-state index contributed by atoms with van der Waals surface area (Å²) in [5.74, 6) is -0.863. The van der Waals surface area contributed by atoms with E-state index in [1.54, 1.807) is 18.6 Å². The van der Waals surface area contributed by atoms with Crippen LogP contribution in [0.3, 0.4) is 0 Å². The van der Waals surface area contributed by atoms with Gasteiger partial charge in [-0.15, -0.1) is 0 Å². The lowest BCUT2D eigenvalue weighted by Crippen LogP contribution is -2.37. The van der Waals surface area contributed by atoms with Gasteiger partial charge in [0.1, 0.15) is 12.1 Å².